The van der Waals surface area contributed by atoms with E-state index in [2.05, 4.69) is 167 Å². The Kier molecular flexibility index (Phi) is 7.38. The van der Waals surface area contributed by atoms with Gasteiger partial charge >= 0.3 is 0 Å². The fraction of sp³-hybridized carbons (Fsp3) is 0. The molecule has 6 heteroatoms. The molecule has 11 aromatic rings. The number of pyridine rings is 1. The molecule has 6 nitrogen and oxygen atoms in total. The lowest BCUT2D eigenvalue weighted by Crippen LogP contribution is -2.06. The van der Waals surface area contributed by atoms with Gasteiger partial charge in [0.2, 0.25) is 5.95 Å². The molecule has 4 aromatic heterocycles. The maximum Gasteiger partial charge on any atom is 0.238 e. The van der Waals surface area contributed by atoms with Crippen molar-refractivity contribution >= 4 is 38.1 Å². The number of fused-ring (bicyclic) bond motifs is 6. The number of para-hydroxylation sites is 2. The molecule has 0 unspecified atom stereocenters. The third kappa shape index (κ3) is 5.19. The van der Waals surface area contributed by atoms with Crippen LogP contribution in [0, 0.1) is 0 Å². The van der Waals surface area contributed by atoms with Gasteiger partial charge in [-0.1, -0.05) is 176 Å². The van der Waals surface area contributed by atoms with E-state index in [9.17, 15) is 0 Å². The fourth-order valence-electron chi connectivity index (χ4n) is 8.01. The molecule has 0 N–H and O–H groups in total. The van der Waals surface area contributed by atoms with Crippen LogP contribution in [0.1, 0.15) is 0 Å². The van der Waals surface area contributed by atoms with Gasteiger partial charge < -0.3 is 0 Å². The molecule has 0 fully saturated rings. The molecule has 0 spiro atoms. The van der Waals surface area contributed by atoms with Gasteiger partial charge in [0.15, 0.2) is 11.6 Å². The van der Waals surface area contributed by atoms with E-state index >= 15 is 0 Å². The molecular weight excluding hydrogens is 685 g/mol. The highest BCUT2D eigenvalue weighted by atomic mass is 15.2. The second kappa shape index (κ2) is 13.0. The van der Waals surface area contributed by atoms with Crippen molar-refractivity contribution in [3.8, 4) is 62.4 Å². The molecule has 4 heterocycles. The minimum absolute atomic E-state index is 0.573. The smallest absolute Gasteiger partial charge is 0.238 e. The van der Waals surface area contributed by atoms with Crippen molar-refractivity contribution in [1.29, 1.82) is 0 Å². The topological polar surface area (TPSA) is 60.9 Å². The molecule has 11 rings (SSSR count). The Balaban J connectivity index is 1.13. The Morgan fingerprint density at radius 2 is 0.857 bits per heavy atom. The van der Waals surface area contributed by atoms with Gasteiger partial charge in [0.1, 0.15) is 5.69 Å². The predicted molar refractivity (Wildman–Crippen MR) is 228 cm³/mol. The van der Waals surface area contributed by atoms with E-state index in [1.807, 2.05) is 36.4 Å². The molecule has 56 heavy (non-hydrogen) atoms. The minimum Gasteiger partial charge on any atom is -0.278 e. The lowest BCUT2D eigenvalue weighted by molar-refractivity contribution is 0.953. The Labute approximate surface area is 322 Å². The Hall–Kier alpha value is -7.70. The summed E-state index contributed by atoms with van der Waals surface area (Å²) in [6.45, 7) is 0. The zero-order chi connectivity index (χ0) is 37.0. The number of nitrogens with zero attached hydrogens (tertiary/aromatic N) is 6. The van der Waals surface area contributed by atoms with Crippen LogP contribution in [0.15, 0.2) is 194 Å². The minimum atomic E-state index is 0.573. The highest BCUT2D eigenvalue weighted by molar-refractivity contribution is 6.10. The maximum absolute atomic E-state index is 5.38. The van der Waals surface area contributed by atoms with Gasteiger partial charge in [-0.2, -0.15) is 15.1 Å². The van der Waals surface area contributed by atoms with E-state index in [1.54, 1.807) is 0 Å². The first-order chi connectivity index (χ1) is 27.8. The van der Waals surface area contributed by atoms with Crippen LogP contribution in [-0.4, -0.2) is 29.1 Å². The van der Waals surface area contributed by atoms with Crippen molar-refractivity contribution in [3.63, 3.8) is 0 Å². The van der Waals surface area contributed by atoms with E-state index in [-0.39, 0.29) is 0 Å². The molecule has 0 atom stereocenters. The van der Waals surface area contributed by atoms with Crippen molar-refractivity contribution in [1.82, 2.24) is 29.1 Å². The summed E-state index contributed by atoms with van der Waals surface area (Å²) in [6, 6.07) is 67.4. The standard InChI is InChI=1S/C50H32N6/c1-4-16-33(17-5-1)44-32-38-22-10-11-23-39(38)47-45(46(54-56(44)47)35-18-6-2-7-19-35)34-28-30-37(31-29-34)49-51-48(36-20-8-3-9-21-36)52-50(53-49)55-42-26-14-12-24-40(42)41-25-13-15-27-43(41)55/h1-32H. The van der Waals surface area contributed by atoms with Crippen molar-refractivity contribution in [2.45, 2.75) is 0 Å². The normalized spacial score (nSPS) is 11.6. The number of hydrogen-bond donors (Lipinski definition) is 0. The molecule has 0 aliphatic rings. The molecule has 0 saturated heterocycles. The average molecular weight is 717 g/mol. The van der Waals surface area contributed by atoms with Crippen molar-refractivity contribution in [2.24, 2.45) is 0 Å². The second-order valence-corrected chi connectivity index (χ2v) is 13.9. The average Bonchev–Trinajstić information content (AvgIpc) is 3.84. The van der Waals surface area contributed by atoms with Crippen LogP contribution in [-0.2, 0) is 0 Å². The summed E-state index contributed by atoms with van der Waals surface area (Å²) in [7, 11) is 0. The molecule has 0 aliphatic carbocycles. The molecule has 0 aliphatic heterocycles. The first-order valence-corrected chi connectivity index (χ1v) is 18.7. The first-order valence-electron chi connectivity index (χ1n) is 18.7. The lowest BCUT2D eigenvalue weighted by atomic mass is 9.96. The third-order valence-electron chi connectivity index (χ3n) is 10.6. The van der Waals surface area contributed by atoms with E-state index in [4.69, 9.17) is 20.1 Å². The molecule has 0 radical (unpaired) electrons. The van der Waals surface area contributed by atoms with Gasteiger partial charge in [-0.3, -0.25) is 4.57 Å². The van der Waals surface area contributed by atoms with Crippen molar-refractivity contribution in [2.75, 3.05) is 0 Å². The summed E-state index contributed by atoms with van der Waals surface area (Å²) in [4.78, 5) is 15.4. The quantitative estimate of drug-likeness (QED) is 0.172. The summed E-state index contributed by atoms with van der Waals surface area (Å²) in [5.41, 5.74) is 11.2. The van der Waals surface area contributed by atoms with Crippen LogP contribution < -0.4 is 0 Å². The number of rotatable bonds is 6. The molecule has 0 amide bonds. The second-order valence-electron chi connectivity index (χ2n) is 13.9. The number of hydrogen-bond acceptors (Lipinski definition) is 4. The van der Waals surface area contributed by atoms with Crippen molar-refractivity contribution in [3.05, 3.63) is 194 Å². The molecule has 0 bridgehead atoms. The molecule has 262 valence electrons. The van der Waals surface area contributed by atoms with Crippen LogP contribution in [0.5, 0.6) is 0 Å². The molecule has 0 saturated carbocycles. The molecule has 7 aromatic carbocycles. The van der Waals surface area contributed by atoms with Crippen LogP contribution in [0.2, 0.25) is 0 Å². The van der Waals surface area contributed by atoms with Crippen LogP contribution in [0.25, 0.3) is 100 Å². The summed E-state index contributed by atoms with van der Waals surface area (Å²) >= 11 is 0. The van der Waals surface area contributed by atoms with Gasteiger partial charge in [-0.25, -0.2) is 9.50 Å². The van der Waals surface area contributed by atoms with Gasteiger partial charge in [0.05, 0.1) is 22.2 Å². The predicted octanol–water partition coefficient (Wildman–Crippen LogP) is 12.1. The number of benzene rings is 7. The Bertz CT molecular complexity index is 3170. The van der Waals surface area contributed by atoms with Gasteiger partial charge in [0, 0.05) is 44.0 Å². The summed E-state index contributed by atoms with van der Waals surface area (Å²) in [5, 5.41) is 9.99. The Morgan fingerprint density at radius 3 is 1.48 bits per heavy atom. The summed E-state index contributed by atoms with van der Waals surface area (Å²) in [6.07, 6.45) is 0. The van der Waals surface area contributed by atoms with E-state index in [0.717, 1.165) is 82.9 Å². The van der Waals surface area contributed by atoms with Crippen LogP contribution in [0.3, 0.4) is 0 Å². The molecular formula is C50H32N6. The van der Waals surface area contributed by atoms with Gasteiger partial charge in [0.25, 0.3) is 0 Å². The van der Waals surface area contributed by atoms with E-state index < -0.39 is 0 Å². The van der Waals surface area contributed by atoms with E-state index in [0.29, 0.717) is 17.6 Å². The lowest BCUT2D eigenvalue weighted by Gasteiger charge is -2.12. The van der Waals surface area contributed by atoms with Crippen LogP contribution >= 0.6 is 0 Å². The van der Waals surface area contributed by atoms with Crippen molar-refractivity contribution < 1.29 is 0 Å². The van der Waals surface area contributed by atoms with Gasteiger partial charge in [-0.15, -0.1) is 0 Å². The summed E-state index contributed by atoms with van der Waals surface area (Å²) < 4.78 is 4.27. The fourth-order valence-corrected chi connectivity index (χ4v) is 8.01. The van der Waals surface area contributed by atoms with E-state index in [1.165, 1.54) is 0 Å². The van der Waals surface area contributed by atoms with Crippen LogP contribution in [0.4, 0.5) is 0 Å². The maximum atomic E-state index is 5.38. The summed E-state index contributed by atoms with van der Waals surface area (Å²) in [5.74, 6) is 1.79. The largest absolute Gasteiger partial charge is 0.278 e. The third-order valence-corrected chi connectivity index (χ3v) is 10.6. The highest BCUT2D eigenvalue weighted by Gasteiger charge is 2.22. The monoisotopic (exact) mass is 716 g/mol. The first kappa shape index (κ1) is 31.8. The zero-order valence-electron chi connectivity index (χ0n) is 30.2. The van der Waals surface area contributed by atoms with Gasteiger partial charge in [-0.05, 0) is 29.1 Å². The highest BCUT2D eigenvalue weighted by Crippen LogP contribution is 2.41. The zero-order valence-corrected chi connectivity index (χ0v) is 30.2. The SMILES string of the molecule is c1ccc(-c2nc(-c3ccc(-c4c(-c5ccccc5)nn5c(-c6ccccc6)cc6ccccc6c45)cc3)nc(-n3c4ccccc4c4ccccc43)n2)cc1. The Morgan fingerprint density at radius 1 is 0.375 bits per heavy atom. The number of aromatic nitrogens is 6.